The summed E-state index contributed by atoms with van der Waals surface area (Å²) in [4.78, 5) is 14.7. The lowest BCUT2D eigenvalue weighted by Crippen LogP contribution is -2.40. The Balaban J connectivity index is 1.14. The summed E-state index contributed by atoms with van der Waals surface area (Å²) in [5.41, 5.74) is 2.56. The van der Waals surface area contributed by atoms with Crippen LogP contribution in [0.4, 0.5) is 0 Å². The van der Waals surface area contributed by atoms with E-state index in [0.29, 0.717) is 24.9 Å². The summed E-state index contributed by atoms with van der Waals surface area (Å²) in [6.45, 7) is 6.23. The maximum Gasteiger partial charge on any atom is 0.241 e. The minimum Gasteiger partial charge on any atom is -0.353 e. The van der Waals surface area contributed by atoms with Gasteiger partial charge < -0.3 is 15.5 Å². The van der Waals surface area contributed by atoms with E-state index in [4.69, 9.17) is 0 Å². The number of rotatable bonds is 7. The second-order valence-electron chi connectivity index (χ2n) is 8.36. The zero-order valence-electron chi connectivity index (χ0n) is 17.2. The van der Waals surface area contributed by atoms with E-state index < -0.39 is 0 Å². The normalized spacial score (nSPS) is 21.2. The number of amides is 1. The Morgan fingerprint density at radius 3 is 2.69 bits per heavy atom. The summed E-state index contributed by atoms with van der Waals surface area (Å²) in [5, 5.41) is 11.1. The molecule has 2 fully saturated rings. The van der Waals surface area contributed by atoms with Gasteiger partial charge in [0, 0.05) is 31.7 Å². The Morgan fingerprint density at radius 1 is 1.10 bits per heavy atom. The largest absolute Gasteiger partial charge is 0.353 e. The number of nitrogens with zero attached hydrogens (tertiary/aromatic N) is 3. The van der Waals surface area contributed by atoms with Gasteiger partial charge in [-0.05, 0) is 62.9 Å². The van der Waals surface area contributed by atoms with Gasteiger partial charge in [0.05, 0.1) is 5.69 Å². The van der Waals surface area contributed by atoms with E-state index in [2.05, 4.69) is 57.0 Å². The Kier molecular flexibility index (Phi) is 6.96. The number of likely N-dealkylation sites (tertiary alicyclic amines) is 1. The number of hydrogen-bond acceptors (Lipinski definition) is 4. The van der Waals surface area contributed by atoms with Gasteiger partial charge in [-0.3, -0.25) is 9.48 Å². The summed E-state index contributed by atoms with van der Waals surface area (Å²) in [6.07, 6.45) is 6.70. The Bertz CT molecular complexity index is 761. The fourth-order valence-corrected chi connectivity index (χ4v) is 4.56. The van der Waals surface area contributed by atoms with Crippen molar-refractivity contribution < 1.29 is 4.79 Å². The van der Waals surface area contributed by atoms with Crippen LogP contribution < -0.4 is 10.6 Å². The minimum absolute atomic E-state index is 0.0422. The molecule has 0 spiro atoms. The molecule has 4 rings (SSSR count). The van der Waals surface area contributed by atoms with E-state index in [1.807, 2.05) is 6.20 Å². The third-order valence-corrected chi connectivity index (χ3v) is 6.29. The standard InChI is InChI=1S/C23H33N5O/c29-23(18-28-15-10-22(26-28)21-7-4-11-24-17-21)25-12-16-27-13-8-20(9-14-27)19-5-2-1-3-6-19/h1-3,5-6,10,15,20-21,24H,4,7-9,11-14,16-18H2,(H,25,29)/t21-/m1/s1. The molecule has 2 N–H and O–H groups in total. The van der Waals surface area contributed by atoms with Crippen LogP contribution in [0.2, 0.25) is 0 Å². The van der Waals surface area contributed by atoms with Crippen LogP contribution in [0.1, 0.15) is 48.8 Å². The van der Waals surface area contributed by atoms with Crippen molar-refractivity contribution in [1.29, 1.82) is 0 Å². The van der Waals surface area contributed by atoms with Gasteiger partial charge in [-0.2, -0.15) is 5.10 Å². The highest BCUT2D eigenvalue weighted by Gasteiger charge is 2.20. The molecule has 2 saturated heterocycles. The molecule has 0 radical (unpaired) electrons. The molecule has 156 valence electrons. The van der Waals surface area contributed by atoms with Crippen molar-refractivity contribution in [3.8, 4) is 0 Å². The molecule has 0 bridgehead atoms. The van der Waals surface area contributed by atoms with E-state index in [9.17, 15) is 4.79 Å². The van der Waals surface area contributed by atoms with Crippen molar-refractivity contribution in [2.75, 3.05) is 39.3 Å². The topological polar surface area (TPSA) is 62.2 Å². The lowest BCUT2D eigenvalue weighted by molar-refractivity contribution is -0.121. The van der Waals surface area contributed by atoms with Crippen LogP contribution in [0.25, 0.3) is 0 Å². The summed E-state index contributed by atoms with van der Waals surface area (Å²) >= 11 is 0. The molecule has 3 heterocycles. The van der Waals surface area contributed by atoms with Crippen LogP contribution in [-0.4, -0.2) is 59.9 Å². The van der Waals surface area contributed by atoms with Gasteiger partial charge in [-0.25, -0.2) is 0 Å². The number of carbonyl (C=O) groups excluding carboxylic acids is 1. The van der Waals surface area contributed by atoms with Crippen LogP contribution in [0.15, 0.2) is 42.6 Å². The average Bonchev–Trinajstić information content (AvgIpc) is 3.24. The molecule has 2 aromatic rings. The van der Waals surface area contributed by atoms with Crippen LogP contribution in [0.5, 0.6) is 0 Å². The molecule has 1 aromatic heterocycles. The average molecular weight is 396 g/mol. The lowest BCUT2D eigenvalue weighted by Gasteiger charge is -2.32. The SMILES string of the molecule is O=C(Cn1ccc([C@@H]2CCCNC2)n1)NCCN1CCC(c2ccccc2)CC1. The predicted molar refractivity (Wildman–Crippen MR) is 115 cm³/mol. The van der Waals surface area contributed by atoms with Crippen molar-refractivity contribution >= 4 is 5.91 Å². The third kappa shape index (κ3) is 5.67. The summed E-state index contributed by atoms with van der Waals surface area (Å²) in [7, 11) is 0. The van der Waals surface area contributed by atoms with Crippen LogP contribution in [-0.2, 0) is 11.3 Å². The number of benzene rings is 1. The van der Waals surface area contributed by atoms with Crippen LogP contribution in [0.3, 0.4) is 0 Å². The monoisotopic (exact) mass is 395 g/mol. The number of carbonyl (C=O) groups is 1. The van der Waals surface area contributed by atoms with Gasteiger partial charge in [-0.1, -0.05) is 30.3 Å². The highest BCUT2D eigenvalue weighted by molar-refractivity contribution is 5.75. The second kappa shape index (κ2) is 10.0. The lowest BCUT2D eigenvalue weighted by atomic mass is 9.89. The van der Waals surface area contributed by atoms with E-state index >= 15 is 0 Å². The van der Waals surface area contributed by atoms with Crippen molar-refractivity contribution in [3.05, 3.63) is 53.9 Å². The number of aromatic nitrogens is 2. The number of nitrogens with one attached hydrogen (secondary N) is 2. The van der Waals surface area contributed by atoms with Crippen LogP contribution >= 0.6 is 0 Å². The van der Waals surface area contributed by atoms with Crippen LogP contribution in [0, 0.1) is 0 Å². The minimum atomic E-state index is 0.0422. The third-order valence-electron chi connectivity index (χ3n) is 6.29. The second-order valence-corrected chi connectivity index (χ2v) is 8.36. The molecule has 6 nitrogen and oxygen atoms in total. The number of piperidine rings is 2. The molecule has 1 aromatic carbocycles. The van der Waals surface area contributed by atoms with Gasteiger partial charge in [0.2, 0.25) is 5.91 Å². The molecule has 1 atom stereocenters. The highest BCUT2D eigenvalue weighted by atomic mass is 16.2. The number of hydrogen-bond donors (Lipinski definition) is 2. The highest BCUT2D eigenvalue weighted by Crippen LogP contribution is 2.27. The molecular formula is C23H33N5O. The maximum atomic E-state index is 12.3. The summed E-state index contributed by atoms with van der Waals surface area (Å²) < 4.78 is 1.77. The summed E-state index contributed by atoms with van der Waals surface area (Å²) in [5.74, 6) is 1.20. The molecule has 29 heavy (non-hydrogen) atoms. The molecule has 2 aliphatic rings. The quantitative estimate of drug-likeness (QED) is 0.755. The predicted octanol–water partition coefficient (Wildman–Crippen LogP) is 2.35. The summed E-state index contributed by atoms with van der Waals surface area (Å²) in [6, 6.07) is 12.9. The Labute approximate surface area is 173 Å². The molecule has 2 aliphatic heterocycles. The molecule has 0 aliphatic carbocycles. The first kappa shape index (κ1) is 20.1. The molecule has 0 unspecified atom stereocenters. The van der Waals surface area contributed by atoms with Gasteiger partial charge >= 0.3 is 0 Å². The van der Waals surface area contributed by atoms with Crippen molar-refractivity contribution in [1.82, 2.24) is 25.3 Å². The zero-order valence-corrected chi connectivity index (χ0v) is 17.2. The Morgan fingerprint density at radius 2 is 1.93 bits per heavy atom. The first-order valence-electron chi connectivity index (χ1n) is 11.1. The van der Waals surface area contributed by atoms with Crippen molar-refractivity contribution in [3.63, 3.8) is 0 Å². The van der Waals surface area contributed by atoms with Crippen molar-refractivity contribution in [2.45, 2.75) is 44.1 Å². The van der Waals surface area contributed by atoms with Gasteiger partial charge in [-0.15, -0.1) is 0 Å². The molecule has 6 heteroatoms. The fraction of sp³-hybridized carbons (Fsp3) is 0.565. The van der Waals surface area contributed by atoms with Gasteiger partial charge in [0.1, 0.15) is 6.54 Å². The Hall–Kier alpha value is -2.18. The smallest absolute Gasteiger partial charge is 0.241 e. The van der Waals surface area contributed by atoms with E-state index in [-0.39, 0.29) is 5.91 Å². The first-order valence-corrected chi connectivity index (χ1v) is 11.1. The molecule has 0 saturated carbocycles. The van der Waals surface area contributed by atoms with E-state index in [0.717, 1.165) is 38.4 Å². The first-order chi connectivity index (χ1) is 14.3. The van der Waals surface area contributed by atoms with Gasteiger partial charge in [0.15, 0.2) is 0 Å². The maximum absolute atomic E-state index is 12.3. The zero-order chi connectivity index (χ0) is 19.9. The fourth-order valence-electron chi connectivity index (χ4n) is 4.56. The van der Waals surface area contributed by atoms with E-state index in [1.165, 1.54) is 31.2 Å². The molecular weight excluding hydrogens is 362 g/mol. The van der Waals surface area contributed by atoms with E-state index in [1.54, 1.807) is 4.68 Å². The van der Waals surface area contributed by atoms with Gasteiger partial charge in [0.25, 0.3) is 0 Å². The van der Waals surface area contributed by atoms with Crippen molar-refractivity contribution in [2.24, 2.45) is 0 Å². The molecule has 1 amide bonds.